The lowest BCUT2D eigenvalue weighted by molar-refractivity contribution is 0.199. The number of hydrogen-bond donors (Lipinski definition) is 1. The van der Waals surface area contributed by atoms with Gasteiger partial charge in [0.25, 0.3) is 0 Å². The summed E-state index contributed by atoms with van der Waals surface area (Å²) in [4.78, 5) is 0. The van der Waals surface area contributed by atoms with E-state index in [-0.39, 0.29) is 5.69 Å². The first-order valence-corrected chi connectivity index (χ1v) is 6.31. The molecule has 0 saturated carbocycles. The molecule has 0 unspecified atom stereocenters. The van der Waals surface area contributed by atoms with Gasteiger partial charge in [-0.25, -0.2) is 13.5 Å². The molecule has 0 fully saturated rings. The zero-order valence-corrected chi connectivity index (χ0v) is 11.5. The van der Waals surface area contributed by atoms with Crippen LogP contribution in [0.15, 0.2) is 24.5 Å². The van der Waals surface area contributed by atoms with Gasteiger partial charge in [0, 0.05) is 26.4 Å². The maximum Gasteiger partial charge on any atom is 0.152 e. The molecule has 1 aromatic heterocycles. The minimum Gasteiger partial charge on any atom is -0.383 e. The molecule has 0 atom stereocenters. The third-order valence-corrected chi connectivity index (χ3v) is 2.83. The first-order chi connectivity index (χ1) is 9.61. The van der Waals surface area contributed by atoms with E-state index < -0.39 is 11.6 Å². The van der Waals surface area contributed by atoms with Crippen LogP contribution in [0.5, 0.6) is 0 Å². The van der Waals surface area contributed by atoms with Crippen LogP contribution in [0.3, 0.4) is 0 Å². The molecular formula is C14H17F2N3O. The van der Waals surface area contributed by atoms with E-state index in [1.807, 2.05) is 6.92 Å². The van der Waals surface area contributed by atoms with Gasteiger partial charge in [-0.05, 0) is 30.2 Å². The lowest BCUT2D eigenvalue weighted by Gasteiger charge is -2.09. The van der Waals surface area contributed by atoms with Crippen LogP contribution >= 0.6 is 0 Å². The zero-order valence-electron chi connectivity index (χ0n) is 11.5. The predicted molar refractivity (Wildman–Crippen MR) is 71.8 cm³/mol. The Bertz CT molecular complexity index is 561. The highest BCUT2D eigenvalue weighted by Crippen LogP contribution is 2.19. The van der Waals surface area contributed by atoms with E-state index in [4.69, 9.17) is 4.74 Å². The molecule has 0 aliphatic rings. The van der Waals surface area contributed by atoms with E-state index >= 15 is 0 Å². The molecule has 1 N–H and O–H groups in total. The molecule has 6 heteroatoms. The fourth-order valence-corrected chi connectivity index (χ4v) is 1.88. The summed E-state index contributed by atoms with van der Waals surface area (Å²) >= 11 is 0. The Labute approximate surface area is 116 Å². The van der Waals surface area contributed by atoms with E-state index in [0.29, 0.717) is 25.3 Å². The van der Waals surface area contributed by atoms with Crippen LogP contribution in [0.2, 0.25) is 0 Å². The third-order valence-electron chi connectivity index (χ3n) is 2.83. The van der Waals surface area contributed by atoms with Crippen molar-refractivity contribution in [2.75, 3.05) is 20.3 Å². The number of nitrogens with zero attached hydrogens (tertiary/aromatic N) is 2. The van der Waals surface area contributed by atoms with Gasteiger partial charge in [-0.15, -0.1) is 0 Å². The number of hydrogen-bond acceptors (Lipinski definition) is 3. The lowest BCUT2D eigenvalue weighted by atomic mass is 10.2. The van der Waals surface area contributed by atoms with Crippen LogP contribution in [0.25, 0.3) is 5.69 Å². The van der Waals surface area contributed by atoms with Crippen molar-refractivity contribution >= 4 is 0 Å². The molecular weight excluding hydrogens is 264 g/mol. The summed E-state index contributed by atoms with van der Waals surface area (Å²) in [5.74, 6) is -1.26. The molecule has 108 valence electrons. The molecule has 20 heavy (non-hydrogen) atoms. The Balaban J connectivity index is 2.16. The summed E-state index contributed by atoms with van der Waals surface area (Å²) in [5.41, 5.74) is 1.23. The molecule has 0 aliphatic carbocycles. The molecule has 0 aliphatic heterocycles. The van der Waals surface area contributed by atoms with Crippen LogP contribution < -0.4 is 5.32 Å². The molecule has 0 amide bonds. The van der Waals surface area contributed by atoms with Crippen molar-refractivity contribution in [2.24, 2.45) is 0 Å². The van der Waals surface area contributed by atoms with Crippen LogP contribution in [0.1, 0.15) is 11.1 Å². The average molecular weight is 281 g/mol. The van der Waals surface area contributed by atoms with Gasteiger partial charge in [0.1, 0.15) is 5.69 Å². The molecule has 0 radical (unpaired) electrons. The van der Waals surface area contributed by atoms with Crippen molar-refractivity contribution in [1.29, 1.82) is 0 Å². The van der Waals surface area contributed by atoms with Gasteiger partial charge in [-0.3, -0.25) is 0 Å². The lowest BCUT2D eigenvalue weighted by Crippen LogP contribution is -2.19. The largest absolute Gasteiger partial charge is 0.383 e. The summed E-state index contributed by atoms with van der Waals surface area (Å²) in [7, 11) is 1.60. The summed E-state index contributed by atoms with van der Waals surface area (Å²) in [6.45, 7) is 3.37. The molecule has 1 aromatic carbocycles. The smallest absolute Gasteiger partial charge is 0.152 e. The number of aryl methyl sites for hydroxylation is 1. The Morgan fingerprint density at radius 3 is 2.55 bits per heavy atom. The van der Waals surface area contributed by atoms with E-state index in [1.165, 1.54) is 16.8 Å². The highest BCUT2D eigenvalue weighted by Gasteiger charge is 2.13. The highest BCUT2D eigenvalue weighted by atomic mass is 19.1. The average Bonchev–Trinajstić information content (AvgIpc) is 2.80. The summed E-state index contributed by atoms with van der Waals surface area (Å²) < 4.78 is 34.2. The van der Waals surface area contributed by atoms with Gasteiger partial charge in [0.05, 0.1) is 12.8 Å². The number of benzene rings is 1. The topological polar surface area (TPSA) is 39.1 Å². The molecule has 0 saturated heterocycles. The second kappa shape index (κ2) is 6.58. The van der Waals surface area contributed by atoms with E-state index in [1.54, 1.807) is 19.5 Å². The molecule has 1 heterocycles. The number of methoxy groups -OCH3 is 1. The van der Waals surface area contributed by atoms with Crippen molar-refractivity contribution in [3.8, 4) is 5.69 Å². The fraction of sp³-hybridized carbons (Fsp3) is 0.357. The Morgan fingerprint density at radius 1 is 1.30 bits per heavy atom. The molecule has 4 nitrogen and oxygen atoms in total. The van der Waals surface area contributed by atoms with Crippen LogP contribution in [-0.4, -0.2) is 30.0 Å². The van der Waals surface area contributed by atoms with Crippen molar-refractivity contribution < 1.29 is 13.5 Å². The van der Waals surface area contributed by atoms with E-state index in [0.717, 1.165) is 5.56 Å². The van der Waals surface area contributed by atoms with Crippen molar-refractivity contribution in [3.63, 3.8) is 0 Å². The standard InChI is InChI=1S/C14H17F2N3O/c1-10-7-18-19(9-10)14-12(15)5-11(6-13(14)16)8-17-3-4-20-2/h5-7,9,17H,3-4,8H2,1-2H3. The van der Waals surface area contributed by atoms with Crippen LogP contribution in [-0.2, 0) is 11.3 Å². The maximum atomic E-state index is 14.0. The van der Waals surface area contributed by atoms with Gasteiger partial charge in [0.15, 0.2) is 11.6 Å². The summed E-state index contributed by atoms with van der Waals surface area (Å²) in [6.07, 6.45) is 3.14. The number of ether oxygens (including phenoxy) is 1. The predicted octanol–water partition coefficient (Wildman–Crippen LogP) is 2.19. The fourth-order valence-electron chi connectivity index (χ4n) is 1.88. The number of rotatable bonds is 6. The normalized spacial score (nSPS) is 11.0. The Hall–Kier alpha value is -1.79. The monoisotopic (exact) mass is 281 g/mol. The Kier molecular flexibility index (Phi) is 4.81. The molecule has 2 aromatic rings. The quantitative estimate of drug-likeness (QED) is 0.825. The van der Waals surface area contributed by atoms with Gasteiger partial charge in [-0.1, -0.05) is 0 Å². The molecule has 0 bridgehead atoms. The second-order valence-electron chi connectivity index (χ2n) is 4.54. The van der Waals surface area contributed by atoms with Crippen molar-refractivity contribution in [1.82, 2.24) is 15.1 Å². The van der Waals surface area contributed by atoms with Gasteiger partial charge in [0.2, 0.25) is 0 Å². The number of aromatic nitrogens is 2. The summed E-state index contributed by atoms with van der Waals surface area (Å²) in [5, 5.41) is 6.97. The minimum absolute atomic E-state index is 0.154. The third kappa shape index (κ3) is 3.40. The zero-order chi connectivity index (χ0) is 14.5. The highest BCUT2D eigenvalue weighted by molar-refractivity contribution is 5.38. The molecule has 0 spiro atoms. The number of halogens is 2. The van der Waals surface area contributed by atoms with E-state index in [2.05, 4.69) is 10.4 Å². The number of nitrogens with one attached hydrogen (secondary N) is 1. The summed E-state index contributed by atoms with van der Waals surface area (Å²) in [6, 6.07) is 2.63. The first kappa shape index (κ1) is 14.6. The second-order valence-corrected chi connectivity index (χ2v) is 4.54. The van der Waals surface area contributed by atoms with Crippen molar-refractivity contribution in [3.05, 3.63) is 47.3 Å². The van der Waals surface area contributed by atoms with Gasteiger partial charge >= 0.3 is 0 Å². The van der Waals surface area contributed by atoms with Crippen LogP contribution in [0, 0.1) is 18.6 Å². The maximum absolute atomic E-state index is 14.0. The van der Waals surface area contributed by atoms with E-state index in [9.17, 15) is 8.78 Å². The first-order valence-electron chi connectivity index (χ1n) is 6.31. The minimum atomic E-state index is -0.628. The van der Waals surface area contributed by atoms with Crippen LogP contribution in [0.4, 0.5) is 8.78 Å². The molecule has 2 rings (SSSR count). The van der Waals surface area contributed by atoms with Gasteiger partial charge in [-0.2, -0.15) is 5.10 Å². The Morgan fingerprint density at radius 2 is 2.00 bits per heavy atom. The SMILES string of the molecule is COCCNCc1cc(F)c(-n2cc(C)cn2)c(F)c1. The van der Waals surface area contributed by atoms with Gasteiger partial charge < -0.3 is 10.1 Å². The van der Waals surface area contributed by atoms with Crippen molar-refractivity contribution in [2.45, 2.75) is 13.5 Å².